The largest absolute Gasteiger partial charge is 0.507 e. The average Bonchev–Trinajstić information content (AvgIpc) is 3.04. The SMILES string of the molecule is CC(C)c1ccc([C@@H]2/C(=C(\O)c3ccccc3)C(=O)C(=O)N2c2cccc(Cl)c2)cc1. The number of anilines is 1. The van der Waals surface area contributed by atoms with Crippen molar-refractivity contribution in [2.45, 2.75) is 25.8 Å². The number of carbonyl (C=O) groups excluding carboxylic acids is 2. The summed E-state index contributed by atoms with van der Waals surface area (Å²) in [7, 11) is 0. The minimum absolute atomic E-state index is 0.0634. The van der Waals surface area contributed by atoms with Gasteiger partial charge in [0.2, 0.25) is 0 Å². The zero-order chi connectivity index (χ0) is 22.1. The van der Waals surface area contributed by atoms with E-state index in [2.05, 4.69) is 13.8 Å². The Kier molecular flexibility index (Phi) is 5.66. The lowest BCUT2D eigenvalue weighted by atomic mass is 9.93. The Morgan fingerprint density at radius 3 is 2.23 bits per heavy atom. The van der Waals surface area contributed by atoms with E-state index in [1.165, 1.54) is 4.90 Å². The van der Waals surface area contributed by atoms with Crippen molar-refractivity contribution < 1.29 is 14.7 Å². The van der Waals surface area contributed by atoms with Gasteiger partial charge < -0.3 is 5.11 Å². The molecule has 3 aromatic rings. The van der Waals surface area contributed by atoms with E-state index in [-0.39, 0.29) is 11.3 Å². The molecule has 1 saturated heterocycles. The van der Waals surface area contributed by atoms with Gasteiger partial charge in [0.1, 0.15) is 5.76 Å². The van der Waals surface area contributed by atoms with E-state index in [4.69, 9.17) is 11.6 Å². The number of hydrogen-bond donors (Lipinski definition) is 1. The summed E-state index contributed by atoms with van der Waals surface area (Å²) >= 11 is 6.17. The van der Waals surface area contributed by atoms with E-state index in [1.807, 2.05) is 30.3 Å². The van der Waals surface area contributed by atoms with Gasteiger partial charge in [0.15, 0.2) is 0 Å². The van der Waals surface area contributed by atoms with Crippen LogP contribution < -0.4 is 4.90 Å². The molecular formula is C26H22ClNO3. The molecule has 4 rings (SSSR count). The number of ketones is 1. The third kappa shape index (κ3) is 3.87. The first-order valence-corrected chi connectivity index (χ1v) is 10.5. The number of benzene rings is 3. The zero-order valence-corrected chi connectivity index (χ0v) is 18.0. The van der Waals surface area contributed by atoms with E-state index in [0.29, 0.717) is 22.2 Å². The normalized spacial score (nSPS) is 18.1. The summed E-state index contributed by atoms with van der Waals surface area (Å²) in [5.74, 6) is -1.27. The molecule has 31 heavy (non-hydrogen) atoms. The summed E-state index contributed by atoms with van der Waals surface area (Å²) in [5, 5.41) is 11.5. The molecule has 0 saturated carbocycles. The highest BCUT2D eigenvalue weighted by Gasteiger charge is 2.47. The Morgan fingerprint density at radius 1 is 0.935 bits per heavy atom. The number of rotatable bonds is 4. The highest BCUT2D eigenvalue weighted by atomic mass is 35.5. The molecule has 0 aliphatic carbocycles. The molecule has 5 heteroatoms. The van der Waals surface area contributed by atoms with Gasteiger partial charge >= 0.3 is 0 Å². The fourth-order valence-corrected chi connectivity index (χ4v) is 4.04. The summed E-state index contributed by atoms with van der Waals surface area (Å²) in [6.07, 6.45) is 0. The summed E-state index contributed by atoms with van der Waals surface area (Å²) < 4.78 is 0. The van der Waals surface area contributed by atoms with Gasteiger partial charge in [-0.3, -0.25) is 14.5 Å². The molecule has 0 bridgehead atoms. The number of amides is 1. The Balaban J connectivity index is 1.93. The Labute approximate surface area is 186 Å². The Morgan fingerprint density at radius 2 is 1.61 bits per heavy atom. The van der Waals surface area contributed by atoms with Gasteiger partial charge in [-0.2, -0.15) is 0 Å². The van der Waals surface area contributed by atoms with Crippen LogP contribution in [-0.2, 0) is 9.59 Å². The molecule has 4 nitrogen and oxygen atoms in total. The lowest BCUT2D eigenvalue weighted by Gasteiger charge is -2.26. The van der Waals surface area contributed by atoms with Gasteiger partial charge in [0.25, 0.3) is 11.7 Å². The number of Topliss-reactive ketones (excluding diaryl/α,β-unsaturated/α-hetero) is 1. The lowest BCUT2D eigenvalue weighted by Crippen LogP contribution is -2.29. The van der Waals surface area contributed by atoms with E-state index in [9.17, 15) is 14.7 Å². The van der Waals surface area contributed by atoms with Crippen molar-refractivity contribution in [1.82, 2.24) is 0 Å². The van der Waals surface area contributed by atoms with Crippen LogP contribution in [-0.4, -0.2) is 16.8 Å². The maximum absolute atomic E-state index is 13.1. The summed E-state index contributed by atoms with van der Waals surface area (Å²) in [4.78, 5) is 27.6. The second-order valence-corrected chi connectivity index (χ2v) is 8.27. The third-order valence-electron chi connectivity index (χ3n) is 5.50. The Hall–Kier alpha value is -3.37. The van der Waals surface area contributed by atoms with Gasteiger partial charge in [0.05, 0.1) is 11.6 Å². The second kappa shape index (κ2) is 8.40. The monoisotopic (exact) mass is 431 g/mol. The highest BCUT2D eigenvalue weighted by molar-refractivity contribution is 6.51. The van der Waals surface area contributed by atoms with Crippen molar-refractivity contribution in [1.29, 1.82) is 0 Å². The minimum Gasteiger partial charge on any atom is -0.507 e. The van der Waals surface area contributed by atoms with Gasteiger partial charge in [0, 0.05) is 16.3 Å². The molecule has 3 aromatic carbocycles. The average molecular weight is 432 g/mol. The standard InChI is InChI=1S/C26H22ClNO3/c1-16(2)17-11-13-18(14-12-17)23-22(24(29)19-7-4-3-5-8-19)25(30)26(31)28(23)21-10-6-9-20(27)15-21/h3-16,23,29H,1-2H3/b24-22+/t23-/m1/s1. The van der Waals surface area contributed by atoms with Crippen molar-refractivity contribution in [3.05, 3.63) is 106 Å². The van der Waals surface area contributed by atoms with Crippen molar-refractivity contribution in [2.75, 3.05) is 4.90 Å². The number of aliphatic hydroxyl groups excluding tert-OH is 1. The highest BCUT2D eigenvalue weighted by Crippen LogP contribution is 2.42. The first-order chi connectivity index (χ1) is 14.9. The molecule has 0 spiro atoms. The van der Waals surface area contributed by atoms with Gasteiger partial charge in [-0.25, -0.2) is 0 Å². The second-order valence-electron chi connectivity index (χ2n) is 7.84. The molecule has 1 aliphatic rings. The van der Waals surface area contributed by atoms with Crippen LogP contribution in [0.2, 0.25) is 5.02 Å². The van der Waals surface area contributed by atoms with E-state index in [0.717, 1.165) is 11.1 Å². The minimum atomic E-state index is -0.764. The number of halogens is 1. The third-order valence-corrected chi connectivity index (χ3v) is 5.73. The predicted molar refractivity (Wildman–Crippen MR) is 123 cm³/mol. The van der Waals surface area contributed by atoms with E-state index >= 15 is 0 Å². The van der Waals surface area contributed by atoms with Gasteiger partial charge in [-0.15, -0.1) is 0 Å². The van der Waals surface area contributed by atoms with Crippen molar-refractivity contribution >= 4 is 34.7 Å². The molecule has 156 valence electrons. The molecule has 1 N–H and O–H groups in total. The van der Waals surface area contributed by atoms with Crippen LogP contribution in [0.5, 0.6) is 0 Å². The van der Waals surface area contributed by atoms with Crippen LogP contribution in [0, 0.1) is 0 Å². The van der Waals surface area contributed by atoms with E-state index in [1.54, 1.807) is 48.5 Å². The number of carbonyl (C=O) groups is 2. The molecule has 1 aliphatic heterocycles. The number of hydrogen-bond acceptors (Lipinski definition) is 3. The van der Waals surface area contributed by atoms with Crippen LogP contribution in [0.1, 0.15) is 42.5 Å². The molecule has 0 aromatic heterocycles. The molecule has 1 atom stereocenters. The first-order valence-electron chi connectivity index (χ1n) is 10.1. The van der Waals surface area contributed by atoms with Crippen LogP contribution >= 0.6 is 11.6 Å². The van der Waals surface area contributed by atoms with Crippen LogP contribution in [0.3, 0.4) is 0 Å². The van der Waals surface area contributed by atoms with Crippen LogP contribution in [0.4, 0.5) is 5.69 Å². The summed E-state index contributed by atoms with van der Waals surface area (Å²) in [5.41, 5.74) is 2.93. The summed E-state index contributed by atoms with van der Waals surface area (Å²) in [6.45, 7) is 4.20. The predicted octanol–water partition coefficient (Wildman–Crippen LogP) is 6.09. The lowest BCUT2D eigenvalue weighted by molar-refractivity contribution is -0.132. The fraction of sp³-hybridized carbons (Fsp3) is 0.154. The molecule has 1 amide bonds. The summed E-state index contributed by atoms with van der Waals surface area (Å²) in [6, 6.07) is 22.6. The molecule has 1 heterocycles. The van der Waals surface area contributed by atoms with Crippen molar-refractivity contribution in [3.63, 3.8) is 0 Å². The molecule has 0 unspecified atom stereocenters. The molecular weight excluding hydrogens is 410 g/mol. The Bertz CT molecular complexity index is 1170. The zero-order valence-electron chi connectivity index (χ0n) is 17.2. The van der Waals surface area contributed by atoms with E-state index < -0.39 is 17.7 Å². The maximum Gasteiger partial charge on any atom is 0.300 e. The first kappa shape index (κ1) is 20.9. The topological polar surface area (TPSA) is 57.6 Å². The van der Waals surface area contributed by atoms with Crippen molar-refractivity contribution in [3.8, 4) is 0 Å². The van der Waals surface area contributed by atoms with Gasteiger partial charge in [-0.05, 0) is 35.2 Å². The molecule has 0 radical (unpaired) electrons. The smallest absolute Gasteiger partial charge is 0.300 e. The fourth-order valence-electron chi connectivity index (χ4n) is 3.85. The quantitative estimate of drug-likeness (QED) is 0.309. The maximum atomic E-state index is 13.1. The number of aliphatic hydroxyl groups is 1. The molecule has 1 fully saturated rings. The number of nitrogens with zero attached hydrogens (tertiary/aromatic N) is 1. The van der Waals surface area contributed by atoms with Crippen LogP contribution in [0.15, 0.2) is 84.4 Å². The van der Waals surface area contributed by atoms with Crippen LogP contribution in [0.25, 0.3) is 5.76 Å². The van der Waals surface area contributed by atoms with Crippen molar-refractivity contribution in [2.24, 2.45) is 0 Å². The van der Waals surface area contributed by atoms with Gasteiger partial charge in [-0.1, -0.05) is 86.1 Å².